The number of carbonyl (C=O) groups excluding carboxylic acids is 1. The number of furan rings is 1. The average molecular weight is 348 g/mol. The second kappa shape index (κ2) is 8.89. The molecule has 0 radical (unpaired) electrons. The largest absolute Gasteiger partial charge is 0.469 e. The highest BCUT2D eigenvalue weighted by atomic mass is 16.5. The van der Waals surface area contributed by atoms with Crippen LogP contribution in [0.2, 0.25) is 0 Å². The summed E-state index contributed by atoms with van der Waals surface area (Å²) in [6, 6.07) is 3.89. The number of piperazine rings is 1. The molecule has 0 spiro atoms. The second-order valence-corrected chi connectivity index (χ2v) is 6.64. The number of aliphatic imine (C=N–C) groups is 1. The number of amides is 1. The van der Waals surface area contributed by atoms with E-state index in [0.717, 1.165) is 77.0 Å². The van der Waals surface area contributed by atoms with Crippen LogP contribution in [-0.2, 0) is 16.0 Å². The van der Waals surface area contributed by atoms with Gasteiger partial charge in [-0.05, 0) is 18.6 Å². The molecule has 2 fully saturated rings. The van der Waals surface area contributed by atoms with Gasteiger partial charge in [-0.15, -0.1) is 0 Å². The van der Waals surface area contributed by atoms with E-state index in [4.69, 9.17) is 14.1 Å². The van der Waals surface area contributed by atoms with Gasteiger partial charge in [0.15, 0.2) is 5.96 Å². The zero-order valence-corrected chi connectivity index (χ0v) is 14.9. The fraction of sp³-hybridized carbons (Fsp3) is 0.667. The van der Waals surface area contributed by atoms with Crippen LogP contribution in [0.25, 0.3) is 0 Å². The third kappa shape index (κ3) is 5.22. The van der Waals surface area contributed by atoms with Crippen LogP contribution >= 0.6 is 0 Å². The third-order valence-corrected chi connectivity index (χ3v) is 4.78. The molecule has 25 heavy (non-hydrogen) atoms. The van der Waals surface area contributed by atoms with Crippen molar-refractivity contribution in [1.29, 1.82) is 0 Å². The number of hydrogen-bond acceptors (Lipinski definition) is 4. The summed E-state index contributed by atoms with van der Waals surface area (Å²) < 4.78 is 10.8. The zero-order valence-electron chi connectivity index (χ0n) is 14.9. The van der Waals surface area contributed by atoms with Crippen molar-refractivity contribution in [3.05, 3.63) is 24.2 Å². The van der Waals surface area contributed by atoms with Crippen LogP contribution < -0.4 is 5.32 Å². The van der Waals surface area contributed by atoms with Crippen molar-refractivity contribution in [1.82, 2.24) is 15.1 Å². The fourth-order valence-electron chi connectivity index (χ4n) is 3.20. The van der Waals surface area contributed by atoms with E-state index in [-0.39, 0.29) is 5.91 Å². The van der Waals surface area contributed by atoms with Crippen LogP contribution in [-0.4, -0.2) is 74.1 Å². The van der Waals surface area contributed by atoms with Gasteiger partial charge in [0.1, 0.15) is 5.76 Å². The number of guanidine groups is 1. The molecule has 7 nitrogen and oxygen atoms in total. The van der Waals surface area contributed by atoms with Crippen LogP contribution in [0.15, 0.2) is 27.8 Å². The van der Waals surface area contributed by atoms with Crippen LogP contribution in [0.4, 0.5) is 0 Å². The van der Waals surface area contributed by atoms with Gasteiger partial charge in [0.25, 0.3) is 0 Å². The van der Waals surface area contributed by atoms with E-state index in [0.29, 0.717) is 5.92 Å². The van der Waals surface area contributed by atoms with Gasteiger partial charge < -0.3 is 24.3 Å². The van der Waals surface area contributed by atoms with E-state index in [9.17, 15) is 4.79 Å². The summed E-state index contributed by atoms with van der Waals surface area (Å²) in [5.41, 5.74) is 0. The van der Waals surface area contributed by atoms with Gasteiger partial charge in [0.2, 0.25) is 5.91 Å². The fourth-order valence-corrected chi connectivity index (χ4v) is 3.20. The molecule has 2 aliphatic heterocycles. The Morgan fingerprint density at radius 2 is 2.12 bits per heavy atom. The lowest BCUT2D eigenvalue weighted by Crippen LogP contribution is -2.53. The Balaban J connectivity index is 1.55. The molecule has 1 N–H and O–H groups in total. The summed E-state index contributed by atoms with van der Waals surface area (Å²) in [6.07, 6.45) is 3.61. The molecular formula is C18H28N4O3. The SMILES string of the molecule is CC(=O)N1CCN(C(=NCC2CCOC2)NCCc2ccco2)CC1. The van der Waals surface area contributed by atoms with Crippen molar-refractivity contribution >= 4 is 11.9 Å². The minimum atomic E-state index is 0.145. The lowest BCUT2D eigenvalue weighted by molar-refractivity contribution is -0.130. The van der Waals surface area contributed by atoms with Crippen molar-refractivity contribution in [3.63, 3.8) is 0 Å². The number of nitrogens with one attached hydrogen (secondary N) is 1. The predicted molar refractivity (Wildman–Crippen MR) is 95.5 cm³/mol. The molecule has 1 aromatic rings. The number of ether oxygens (including phenoxy) is 1. The van der Waals surface area contributed by atoms with E-state index in [1.807, 2.05) is 17.0 Å². The lowest BCUT2D eigenvalue weighted by Gasteiger charge is -2.36. The van der Waals surface area contributed by atoms with Gasteiger partial charge >= 0.3 is 0 Å². The first-order valence-electron chi connectivity index (χ1n) is 9.11. The van der Waals surface area contributed by atoms with E-state index >= 15 is 0 Å². The summed E-state index contributed by atoms with van der Waals surface area (Å²) in [5, 5.41) is 3.47. The van der Waals surface area contributed by atoms with E-state index in [1.54, 1.807) is 13.2 Å². The second-order valence-electron chi connectivity index (χ2n) is 6.64. The molecule has 0 aromatic carbocycles. The minimum Gasteiger partial charge on any atom is -0.469 e. The molecular weight excluding hydrogens is 320 g/mol. The summed E-state index contributed by atoms with van der Waals surface area (Å²) in [4.78, 5) is 20.5. The normalized spacial score (nSPS) is 21.6. The van der Waals surface area contributed by atoms with E-state index in [1.165, 1.54) is 0 Å². The van der Waals surface area contributed by atoms with Crippen LogP contribution in [0, 0.1) is 5.92 Å². The first-order valence-corrected chi connectivity index (χ1v) is 9.11. The van der Waals surface area contributed by atoms with Crippen LogP contribution in [0.3, 0.4) is 0 Å². The minimum absolute atomic E-state index is 0.145. The van der Waals surface area contributed by atoms with E-state index < -0.39 is 0 Å². The highest BCUT2D eigenvalue weighted by Crippen LogP contribution is 2.13. The molecule has 7 heteroatoms. The summed E-state index contributed by atoms with van der Waals surface area (Å²) in [5.74, 6) is 2.56. The Morgan fingerprint density at radius 3 is 2.76 bits per heavy atom. The Kier molecular flexibility index (Phi) is 6.33. The molecule has 138 valence electrons. The van der Waals surface area contributed by atoms with Crippen molar-refractivity contribution < 1.29 is 13.9 Å². The first kappa shape index (κ1) is 17.8. The average Bonchev–Trinajstić information content (AvgIpc) is 3.32. The summed E-state index contributed by atoms with van der Waals surface area (Å²) in [7, 11) is 0. The third-order valence-electron chi connectivity index (χ3n) is 4.78. The molecule has 1 unspecified atom stereocenters. The van der Waals surface area contributed by atoms with Gasteiger partial charge in [0, 0.05) is 65.1 Å². The summed E-state index contributed by atoms with van der Waals surface area (Å²) >= 11 is 0. The summed E-state index contributed by atoms with van der Waals surface area (Å²) in [6.45, 7) is 7.98. The van der Waals surface area contributed by atoms with Gasteiger partial charge in [-0.1, -0.05) is 0 Å². The molecule has 3 rings (SSSR count). The van der Waals surface area contributed by atoms with Crippen LogP contribution in [0.1, 0.15) is 19.1 Å². The van der Waals surface area contributed by atoms with Crippen LogP contribution in [0.5, 0.6) is 0 Å². The van der Waals surface area contributed by atoms with Crippen molar-refractivity contribution in [2.75, 3.05) is 52.5 Å². The number of hydrogen-bond donors (Lipinski definition) is 1. The highest BCUT2D eigenvalue weighted by Gasteiger charge is 2.22. The molecule has 1 amide bonds. The number of nitrogens with zero attached hydrogens (tertiary/aromatic N) is 3. The zero-order chi connectivity index (χ0) is 17.5. The predicted octanol–water partition coefficient (Wildman–Crippen LogP) is 0.968. The first-order chi connectivity index (χ1) is 12.2. The molecule has 2 aliphatic rings. The molecule has 1 aromatic heterocycles. The Labute approximate surface area is 149 Å². The van der Waals surface area contributed by atoms with Gasteiger partial charge in [-0.3, -0.25) is 9.79 Å². The quantitative estimate of drug-likeness (QED) is 0.634. The molecule has 0 saturated carbocycles. The monoisotopic (exact) mass is 348 g/mol. The molecule has 3 heterocycles. The highest BCUT2D eigenvalue weighted by molar-refractivity contribution is 5.80. The number of rotatable bonds is 5. The Bertz CT molecular complexity index is 559. The standard InChI is InChI=1S/C18H28N4O3/c1-15(23)21-7-9-22(10-8-21)18(20-13-16-5-12-24-14-16)19-6-4-17-3-2-11-25-17/h2-3,11,16H,4-10,12-14H2,1H3,(H,19,20). The smallest absolute Gasteiger partial charge is 0.219 e. The molecule has 0 aliphatic carbocycles. The maximum Gasteiger partial charge on any atom is 0.219 e. The van der Waals surface area contributed by atoms with Gasteiger partial charge in [0.05, 0.1) is 12.9 Å². The lowest BCUT2D eigenvalue weighted by atomic mass is 10.1. The number of carbonyl (C=O) groups is 1. The maximum atomic E-state index is 11.5. The molecule has 0 bridgehead atoms. The van der Waals surface area contributed by atoms with E-state index in [2.05, 4.69) is 10.2 Å². The maximum absolute atomic E-state index is 11.5. The van der Waals surface area contributed by atoms with Gasteiger partial charge in [-0.2, -0.15) is 0 Å². The van der Waals surface area contributed by atoms with Crippen molar-refractivity contribution in [2.45, 2.75) is 19.8 Å². The topological polar surface area (TPSA) is 70.3 Å². The van der Waals surface area contributed by atoms with Crippen molar-refractivity contribution in [3.8, 4) is 0 Å². The van der Waals surface area contributed by atoms with Crippen molar-refractivity contribution in [2.24, 2.45) is 10.9 Å². The molecule has 1 atom stereocenters. The van der Waals surface area contributed by atoms with Gasteiger partial charge in [-0.25, -0.2) is 0 Å². The molecule has 2 saturated heterocycles. The Morgan fingerprint density at radius 1 is 1.32 bits per heavy atom. The Hall–Kier alpha value is -2.02.